The van der Waals surface area contributed by atoms with Crippen molar-refractivity contribution in [2.75, 3.05) is 18.0 Å². The number of hydrogen-bond donors (Lipinski definition) is 1. The van der Waals surface area contributed by atoms with Crippen molar-refractivity contribution < 1.29 is 13.2 Å². The van der Waals surface area contributed by atoms with Crippen LogP contribution in [0.1, 0.15) is 12.5 Å². The van der Waals surface area contributed by atoms with Gasteiger partial charge in [0.1, 0.15) is 5.82 Å². The van der Waals surface area contributed by atoms with Crippen LogP contribution in [0.25, 0.3) is 0 Å². The highest BCUT2D eigenvalue weighted by Gasteiger charge is 2.37. The van der Waals surface area contributed by atoms with Gasteiger partial charge in [0, 0.05) is 24.8 Å². The lowest BCUT2D eigenvalue weighted by Gasteiger charge is -2.46. The molecule has 3 nitrogen and oxygen atoms in total. The number of hydrogen-bond acceptors (Lipinski definition) is 3. The lowest BCUT2D eigenvalue weighted by Crippen LogP contribution is -2.65. The smallest absolute Gasteiger partial charge is 0.352 e. The molecule has 1 aliphatic rings. The van der Waals surface area contributed by atoms with Crippen molar-refractivity contribution in [3.8, 4) is 0 Å². The zero-order chi connectivity index (χ0) is 12.8. The van der Waals surface area contributed by atoms with E-state index >= 15 is 0 Å². The number of pyridine rings is 1. The molecule has 1 aromatic rings. The molecule has 1 fully saturated rings. The first-order valence-electron chi connectivity index (χ1n) is 4.96. The summed E-state index contributed by atoms with van der Waals surface area (Å²) in [5.41, 5.74) is 4.64. The van der Waals surface area contributed by atoms with Gasteiger partial charge in [0.15, 0.2) is 0 Å². The Balaban J connectivity index is 2.22. The van der Waals surface area contributed by atoms with Crippen molar-refractivity contribution in [3.63, 3.8) is 0 Å². The summed E-state index contributed by atoms with van der Waals surface area (Å²) in [6.45, 7) is 2.93. The number of nitrogens with two attached hydrogens (primary N) is 1. The number of halogens is 4. The van der Waals surface area contributed by atoms with Gasteiger partial charge >= 0.3 is 6.18 Å². The van der Waals surface area contributed by atoms with Gasteiger partial charge in [0.05, 0.1) is 10.6 Å². The van der Waals surface area contributed by atoms with Crippen LogP contribution in [-0.2, 0) is 6.18 Å². The molecule has 1 saturated heterocycles. The standard InChI is InChI=1S/C10H11ClF3N3/c1-9(15)4-17(5-9)8-7(11)2-6(3-16-8)10(12,13)14/h2-3H,4-5,15H2,1H3. The lowest BCUT2D eigenvalue weighted by molar-refractivity contribution is -0.137. The second-order valence-corrected chi connectivity index (χ2v) is 4.94. The maximum Gasteiger partial charge on any atom is 0.417 e. The van der Waals surface area contributed by atoms with Gasteiger partial charge in [0.25, 0.3) is 0 Å². The van der Waals surface area contributed by atoms with Crippen LogP contribution >= 0.6 is 11.6 Å². The van der Waals surface area contributed by atoms with E-state index < -0.39 is 11.7 Å². The predicted octanol–water partition coefficient (Wildman–Crippen LogP) is 2.29. The molecule has 0 atom stereocenters. The van der Waals surface area contributed by atoms with Crippen molar-refractivity contribution in [2.45, 2.75) is 18.6 Å². The Labute approximate surface area is 101 Å². The van der Waals surface area contributed by atoms with Crippen LogP contribution in [0.4, 0.5) is 19.0 Å². The number of alkyl halides is 3. The molecule has 2 rings (SSSR count). The van der Waals surface area contributed by atoms with Gasteiger partial charge in [-0.15, -0.1) is 0 Å². The zero-order valence-corrected chi connectivity index (χ0v) is 9.81. The molecule has 1 aliphatic heterocycles. The van der Waals surface area contributed by atoms with Crippen LogP contribution in [0.15, 0.2) is 12.3 Å². The summed E-state index contributed by atoms with van der Waals surface area (Å²) < 4.78 is 37.2. The Bertz CT molecular complexity index is 437. The summed E-state index contributed by atoms with van der Waals surface area (Å²) in [5, 5.41) is -0.00433. The highest BCUT2D eigenvalue weighted by Crippen LogP contribution is 2.35. The fourth-order valence-corrected chi connectivity index (χ4v) is 2.08. The van der Waals surface area contributed by atoms with E-state index in [0.717, 1.165) is 12.3 Å². The minimum absolute atomic E-state index is 0.00433. The van der Waals surface area contributed by atoms with Gasteiger partial charge < -0.3 is 10.6 Å². The summed E-state index contributed by atoms with van der Waals surface area (Å²) >= 11 is 5.79. The Morgan fingerprint density at radius 2 is 2.06 bits per heavy atom. The monoisotopic (exact) mass is 265 g/mol. The molecular formula is C10H11ClF3N3. The molecule has 7 heteroatoms. The van der Waals surface area contributed by atoms with Gasteiger partial charge in [0.2, 0.25) is 0 Å². The van der Waals surface area contributed by atoms with E-state index in [1.807, 2.05) is 6.92 Å². The fraction of sp³-hybridized carbons (Fsp3) is 0.500. The predicted molar refractivity (Wildman–Crippen MR) is 59.1 cm³/mol. The average Bonchev–Trinajstić information content (AvgIpc) is 2.12. The van der Waals surface area contributed by atoms with E-state index in [1.54, 1.807) is 4.90 Å². The molecule has 1 aromatic heterocycles. The molecule has 0 radical (unpaired) electrons. The normalized spacial score (nSPS) is 19.1. The Morgan fingerprint density at radius 1 is 1.47 bits per heavy atom. The van der Waals surface area contributed by atoms with Crippen LogP contribution < -0.4 is 10.6 Å². The van der Waals surface area contributed by atoms with Gasteiger partial charge in [-0.2, -0.15) is 13.2 Å². The molecule has 2 heterocycles. The maximum absolute atomic E-state index is 12.4. The quantitative estimate of drug-likeness (QED) is 0.847. The topological polar surface area (TPSA) is 42.1 Å². The van der Waals surface area contributed by atoms with Crippen LogP contribution in [0, 0.1) is 0 Å². The number of anilines is 1. The largest absolute Gasteiger partial charge is 0.417 e. The van der Waals surface area contributed by atoms with Crippen molar-refractivity contribution in [1.29, 1.82) is 0 Å². The van der Waals surface area contributed by atoms with E-state index in [0.29, 0.717) is 18.9 Å². The van der Waals surface area contributed by atoms with E-state index in [1.165, 1.54) is 0 Å². The van der Waals surface area contributed by atoms with Gasteiger partial charge in [-0.3, -0.25) is 0 Å². The van der Waals surface area contributed by atoms with E-state index in [-0.39, 0.29) is 10.6 Å². The van der Waals surface area contributed by atoms with Gasteiger partial charge in [-0.25, -0.2) is 4.98 Å². The molecule has 0 bridgehead atoms. The van der Waals surface area contributed by atoms with Crippen LogP contribution in [-0.4, -0.2) is 23.6 Å². The van der Waals surface area contributed by atoms with Crippen LogP contribution in [0.2, 0.25) is 5.02 Å². The fourth-order valence-electron chi connectivity index (χ4n) is 1.79. The van der Waals surface area contributed by atoms with Crippen LogP contribution in [0.5, 0.6) is 0 Å². The summed E-state index contributed by atoms with van der Waals surface area (Å²) in [6, 6.07) is 0.885. The molecule has 0 aromatic carbocycles. The average molecular weight is 266 g/mol. The first-order chi connectivity index (χ1) is 7.69. The molecule has 0 saturated carbocycles. The maximum atomic E-state index is 12.4. The minimum atomic E-state index is -4.42. The minimum Gasteiger partial charge on any atom is -0.352 e. The first-order valence-corrected chi connectivity index (χ1v) is 5.33. The molecule has 0 aliphatic carbocycles. The molecular weight excluding hydrogens is 255 g/mol. The molecule has 0 unspecified atom stereocenters. The molecule has 94 valence electrons. The van der Waals surface area contributed by atoms with E-state index in [2.05, 4.69) is 4.98 Å². The molecule has 0 spiro atoms. The third kappa shape index (κ3) is 2.47. The second kappa shape index (κ2) is 3.74. The Kier molecular flexibility index (Phi) is 2.74. The SMILES string of the molecule is CC1(N)CN(c2ncc(C(F)(F)F)cc2Cl)C1. The summed E-state index contributed by atoms with van der Waals surface area (Å²) in [5.74, 6) is 0.350. The highest BCUT2D eigenvalue weighted by molar-refractivity contribution is 6.33. The van der Waals surface area contributed by atoms with Crippen LogP contribution in [0.3, 0.4) is 0 Å². The third-order valence-electron chi connectivity index (χ3n) is 2.55. The van der Waals surface area contributed by atoms with Crippen molar-refractivity contribution in [3.05, 3.63) is 22.8 Å². The number of aromatic nitrogens is 1. The second-order valence-electron chi connectivity index (χ2n) is 4.54. The zero-order valence-electron chi connectivity index (χ0n) is 9.05. The van der Waals surface area contributed by atoms with Crippen molar-refractivity contribution >= 4 is 17.4 Å². The van der Waals surface area contributed by atoms with Gasteiger partial charge in [-0.1, -0.05) is 11.6 Å². The van der Waals surface area contributed by atoms with E-state index in [9.17, 15) is 13.2 Å². The molecule has 2 N–H and O–H groups in total. The van der Waals surface area contributed by atoms with Crippen molar-refractivity contribution in [2.24, 2.45) is 5.73 Å². The highest BCUT2D eigenvalue weighted by atomic mass is 35.5. The third-order valence-corrected chi connectivity index (χ3v) is 2.83. The Hall–Kier alpha value is -1.01. The van der Waals surface area contributed by atoms with Crippen molar-refractivity contribution in [1.82, 2.24) is 4.98 Å². The number of nitrogens with zero attached hydrogens (tertiary/aromatic N) is 2. The molecule has 0 amide bonds. The lowest BCUT2D eigenvalue weighted by atomic mass is 9.94. The number of rotatable bonds is 1. The summed E-state index contributed by atoms with van der Waals surface area (Å²) in [7, 11) is 0. The first kappa shape index (κ1) is 12.4. The Morgan fingerprint density at radius 3 is 2.47 bits per heavy atom. The van der Waals surface area contributed by atoms with Gasteiger partial charge in [-0.05, 0) is 13.0 Å². The summed E-state index contributed by atoms with van der Waals surface area (Å²) in [6.07, 6.45) is -3.64. The van der Waals surface area contributed by atoms with E-state index in [4.69, 9.17) is 17.3 Å². The molecule has 17 heavy (non-hydrogen) atoms. The summed E-state index contributed by atoms with van der Waals surface area (Å²) in [4.78, 5) is 5.50.